The molecule has 0 aromatic carbocycles. The number of fused-ring (bicyclic) bond motifs is 1. The summed E-state index contributed by atoms with van der Waals surface area (Å²) in [7, 11) is 0. The van der Waals surface area contributed by atoms with Gasteiger partial charge in [-0.3, -0.25) is 0 Å². The van der Waals surface area contributed by atoms with Crippen LogP contribution in [0.15, 0.2) is 34.0 Å². The fourth-order valence-electron chi connectivity index (χ4n) is 1.67. The summed E-state index contributed by atoms with van der Waals surface area (Å²) in [6, 6.07) is 0. The first-order valence-corrected chi connectivity index (χ1v) is 4.59. The summed E-state index contributed by atoms with van der Waals surface area (Å²) in [5, 5.41) is 8.13. The van der Waals surface area contributed by atoms with Crippen LogP contribution in [0, 0.1) is 11.3 Å². The van der Waals surface area contributed by atoms with E-state index in [1.54, 1.807) is 0 Å². The molecule has 0 spiro atoms. The molecule has 1 unspecified atom stereocenters. The van der Waals surface area contributed by atoms with Gasteiger partial charge in [0.15, 0.2) is 0 Å². The quantitative estimate of drug-likeness (QED) is 0.539. The lowest BCUT2D eigenvalue weighted by Gasteiger charge is -2.26. The average Bonchev–Trinajstić information content (AvgIpc) is 2.48. The minimum absolute atomic E-state index is 0.162. The number of hydrogen-bond acceptors (Lipinski definition) is 2. The molecule has 2 heteroatoms. The van der Waals surface area contributed by atoms with E-state index in [9.17, 15) is 0 Å². The summed E-state index contributed by atoms with van der Waals surface area (Å²) >= 11 is 0. The standard InChI is InChI=1S/C11H14N2/c1-11(2,3)9-6-4-5-8-7-12-13-10(8)9/h4-8H,1-3H3. The molecule has 0 fully saturated rings. The number of rotatable bonds is 0. The normalized spacial score (nSPS) is 25.6. The van der Waals surface area contributed by atoms with Gasteiger partial charge in [0.05, 0.1) is 11.6 Å². The molecule has 0 aromatic rings. The third-order valence-corrected chi connectivity index (χ3v) is 2.37. The van der Waals surface area contributed by atoms with Crippen LogP contribution in [0.4, 0.5) is 0 Å². The molecule has 13 heavy (non-hydrogen) atoms. The molecule has 1 heterocycles. The maximum absolute atomic E-state index is 4.17. The van der Waals surface area contributed by atoms with Gasteiger partial charge in [0.1, 0.15) is 0 Å². The van der Waals surface area contributed by atoms with Gasteiger partial charge in [0.25, 0.3) is 0 Å². The summed E-state index contributed by atoms with van der Waals surface area (Å²) in [5.74, 6) is 0.319. The molecule has 68 valence electrons. The Morgan fingerprint density at radius 2 is 2.08 bits per heavy atom. The molecule has 1 aliphatic carbocycles. The van der Waals surface area contributed by atoms with Crippen molar-refractivity contribution in [3.8, 4) is 0 Å². The Labute approximate surface area is 78.8 Å². The van der Waals surface area contributed by atoms with Crippen LogP contribution in [0.5, 0.6) is 0 Å². The predicted octanol–water partition coefficient (Wildman–Crippen LogP) is 2.59. The maximum atomic E-state index is 4.17. The van der Waals surface area contributed by atoms with Gasteiger partial charge in [0.2, 0.25) is 0 Å². The number of allylic oxidation sites excluding steroid dienone is 4. The van der Waals surface area contributed by atoms with Gasteiger partial charge >= 0.3 is 0 Å². The fourth-order valence-corrected chi connectivity index (χ4v) is 1.67. The van der Waals surface area contributed by atoms with Crippen molar-refractivity contribution in [3.63, 3.8) is 0 Å². The van der Waals surface area contributed by atoms with E-state index in [1.807, 2.05) is 6.21 Å². The number of hydrogen-bond donors (Lipinski definition) is 0. The molecule has 1 atom stereocenters. The van der Waals surface area contributed by atoms with Gasteiger partial charge in [-0.25, -0.2) is 0 Å². The summed E-state index contributed by atoms with van der Waals surface area (Å²) in [4.78, 5) is 0. The van der Waals surface area contributed by atoms with Gasteiger partial charge in [-0.1, -0.05) is 39.0 Å². The van der Waals surface area contributed by atoms with Crippen molar-refractivity contribution in [2.75, 3.05) is 0 Å². The van der Waals surface area contributed by atoms with E-state index in [2.05, 4.69) is 49.2 Å². The van der Waals surface area contributed by atoms with E-state index in [1.165, 1.54) is 5.57 Å². The highest BCUT2D eigenvalue weighted by Crippen LogP contribution is 2.32. The topological polar surface area (TPSA) is 24.7 Å². The molecule has 0 N–H and O–H groups in total. The van der Waals surface area contributed by atoms with Crippen LogP contribution >= 0.6 is 0 Å². The van der Waals surface area contributed by atoms with Gasteiger partial charge in [-0.05, 0) is 11.0 Å². The lowest BCUT2D eigenvalue weighted by atomic mass is 9.78. The summed E-state index contributed by atoms with van der Waals surface area (Å²) < 4.78 is 0. The molecule has 2 aliphatic rings. The van der Waals surface area contributed by atoms with Crippen molar-refractivity contribution in [1.82, 2.24) is 0 Å². The molecule has 0 aromatic heterocycles. The van der Waals surface area contributed by atoms with Gasteiger partial charge in [0, 0.05) is 6.21 Å². The van der Waals surface area contributed by atoms with Crippen molar-refractivity contribution >= 4 is 11.9 Å². The summed E-state index contributed by atoms with van der Waals surface area (Å²) in [6.07, 6.45) is 8.26. The van der Waals surface area contributed by atoms with E-state index in [0.29, 0.717) is 5.92 Å². The van der Waals surface area contributed by atoms with E-state index >= 15 is 0 Å². The zero-order chi connectivity index (χ0) is 9.47. The zero-order valence-corrected chi connectivity index (χ0v) is 8.28. The van der Waals surface area contributed by atoms with Crippen LogP contribution in [-0.2, 0) is 0 Å². The lowest BCUT2D eigenvalue weighted by Crippen LogP contribution is -2.24. The van der Waals surface area contributed by atoms with E-state index in [4.69, 9.17) is 0 Å². The second-order valence-electron chi connectivity index (χ2n) is 4.49. The molecule has 0 amide bonds. The second kappa shape index (κ2) is 2.66. The Bertz CT molecular complexity index is 338. The Morgan fingerprint density at radius 1 is 1.31 bits per heavy atom. The first-order chi connectivity index (χ1) is 6.09. The molecule has 0 saturated carbocycles. The monoisotopic (exact) mass is 174 g/mol. The largest absolute Gasteiger partial charge is 0.162 e. The Hall–Kier alpha value is -1.18. The van der Waals surface area contributed by atoms with E-state index in [-0.39, 0.29) is 5.41 Å². The third-order valence-electron chi connectivity index (χ3n) is 2.37. The van der Waals surface area contributed by atoms with Crippen molar-refractivity contribution in [3.05, 3.63) is 23.8 Å². The van der Waals surface area contributed by atoms with Gasteiger partial charge in [-0.15, -0.1) is 0 Å². The molecule has 0 bridgehead atoms. The molecular weight excluding hydrogens is 160 g/mol. The van der Waals surface area contributed by atoms with Crippen molar-refractivity contribution in [2.45, 2.75) is 20.8 Å². The van der Waals surface area contributed by atoms with Crippen molar-refractivity contribution in [1.29, 1.82) is 0 Å². The minimum Gasteiger partial charge on any atom is -0.162 e. The predicted molar refractivity (Wildman–Crippen MR) is 56.1 cm³/mol. The lowest BCUT2D eigenvalue weighted by molar-refractivity contribution is 0.522. The molecule has 2 rings (SSSR count). The number of nitrogens with zero attached hydrogens (tertiary/aromatic N) is 2. The van der Waals surface area contributed by atoms with Crippen LogP contribution in [0.1, 0.15) is 20.8 Å². The second-order valence-corrected chi connectivity index (χ2v) is 4.49. The van der Waals surface area contributed by atoms with Crippen LogP contribution in [0.2, 0.25) is 0 Å². The molecule has 2 nitrogen and oxygen atoms in total. The van der Waals surface area contributed by atoms with E-state index in [0.717, 1.165) is 5.71 Å². The highest BCUT2D eigenvalue weighted by atomic mass is 15.2. The third kappa shape index (κ3) is 1.37. The molecular formula is C11H14N2. The molecule has 0 saturated heterocycles. The highest BCUT2D eigenvalue weighted by Gasteiger charge is 2.29. The fraction of sp³-hybridized carbons (Fsp3) is 0.455. The van der Waals surface area contributed by atoms with Crippen molar-refractivity contribution < 1.29 is 0 Å². The molecule has 1 aliphatic heterocycles. The molecule has 0 radical (unpaired) electrons. The summed E-state index contributed by atoms with van der Waals surface area (Å²) in [6.45, 7) is 6.61. The van der Waals surface area contributed by atoms with Crippen LogP contribution in [-0.4, -0.2) is 11.9 Å². The van der Waals surface area contributed by atoms with Crippen LogP contribution in [0.25, 0.3) is 0 Å². The van der Waals surface area contributed by atoms with Crippen LogP contribution in [0.3, 0.4) is 0 Å². The smallest absolute Gasteiger partial charge is 0.0790 e. The van der Waals surface area contributed by atoms with Crippen molar-refractivity contribution in [2.24, 2.45) is 21.5 Å². The average molecular weight is 174 g/mol. The Balaban J connectivity index is 2.40. The Kier molecular flexibility index (Phi) is 1.72. The minimum atomic E-state index is 0.162. The Morgan fingerprint density at radius 3 is 2.77 bits per heavy atom. The van der Waals surface area contributed by atoms with Crippen LogP contribution < -0.4 is 0 Å². The highest BCUT2D eigenvalue weighted by molar-refractivity contribution is 6.14. The summed E-state index contributed by atoms with van der Waals surface area (Å²) in [5.41, 5.74) is 2.59. The zero-order valence-electron chi connectivity index (χ0n) is 8.28. The van der Waals surface area contributed by atoms with Gasteiger partial charge < -0.3 is 0 Å². The first kappa shape index (κ1) is 8.42. The van der Waals surface area contributed by atoms with Gasteiger partial charge in [-0.2, -0.15) is 10.2 Å². The first-order valence-electron chi connectivity index (χ1n) is 4.59. The maximum Gasteiger partial charge on any atom is 0.0790 e. The SMILES string of the molecule is CC(C)(C)C1=CC=CC2C=NN=C12. The van der Waals surface area contributed by atoms with E-state index < -0.39 is 0 Å².